The van der Waals surface area contributed by atoms with Crippen LogP contribution in [-0.2, 0) is 13.0 Å². The molecule has 206 valence electrons. The van der Waals surface area contributed by atoms with Gasteiger partial charge in [0.05, 0.1) is 25.7 Å². The van der Waals surface area contributed by atoms with E-state index in [0.29, 0.717) is 5.88 Å². The molecule has 1 aromatic heterocycles. The predicted octanol–water partition coefficient (Wildman–Crippen LogP) is 3.60. The number of methoxy groups -OCH3 is 1. The van der Waals surface area contributed by atoms with Gasteiger partial charge in [0, 0.05) is 57.1 Å². The molecule has 8 nitrogen and oxygen atoms in total. The van der Waals surface area contributed by atoms with E-state index in [0.717, 1.165) is 63.2 Å². The molecule has 5 rings (SSSR count). The van der Waals surface area contributed by atoms with E-state index in [1.807, 2.05) is 35.6 Å². The normalized spacial score (nSPS) is 21.2. The molecule has 8 heteroatoms. The maximum atomic E-state index is 13.1. The zero-order chi connectivity index (χ0) is 27.4. The van der Waals surface area contributed by atoms with E-state index in [2.05, 4.69) is 65.3 Å². The maximum absolute atomic E-state index is 13.1. The molecule has 2 aromatic rings. The van der Waals surface area contributed by atoms with Crippen molar-refractivity contribution in [3.63, 3.8) is 0 Å². The Morgan fingerprint density at radius 2 is 1.97 bits per heavy atom. The SMILES string of the molecule is COc1ccc(C2=CCC(N=CNC(C)N3CCc4ccc(C(=O)N5CCN(C)CC5)cc4C3)C(C)=C2)cn1. The number of hydrogen-bond donors (Lipinski definition) is 1. The number of piperazine rings is 1. The summed E-state index contributed by atoms with van der Waals surface area (Å²) in [5.74, 6) is 0.771. The topological polar surface area (TPSA) is 73.3 Å². The second kappa shape index (κ2) is 12.1. The molecular formula is C31H40N6O2. The van der Waals surface area contributed by atoms with E-state index >= 15 is 0 Å². The van der Waals surface area contributed by atoms with Gasteiger partial charge in [0.1, 0.15) is 0 Å². The van der Waals surface area contributed by atoms with Crippen molar-refractivity contribution in [1.82, 2.24) is 25.0 Å². The Balaban J connectivity index is 1.15. The second-order valence-electron chi connectivity index (χ2n) is 10.8. The highest BCUT2D eigenvalue weighted by atomic mass is 16.5. The van der Waals surface area contributed by atoms with Crippen LogP contribution in [0, 0.1) is 0 Å². The lowest BCUT2D eigenvalue weighted by atomic mass is 9.93. The summed E-state index contributed by atoms with van der Waals surface area (Å²) in [5, 5.41) is 3.48. The number of allylic oxidation sites excluding steroid dienone is 2. The molecule has 1 N–H and O–H groups in total. The van der Waals surface area contributed by atoms with Crippen LogP contribution in [0.1, 0.15) is 47.3 Å². The van der Waals surface area contributed by atoms with Crippen molar-refractivity contribution in [3.05, 3.63) is 76.5 Å². The fourth-order valence-electron chi connectivity index (χ4n) is 5.46. The summed E-state index contributed by atoms with van der Waals surface area (Å²) in [6, 6.07) is 10.3. The minimum atomic E-state index is 0.130. The summed E-state index contributed by atoms with van der Waals surface area (Å²) in [4.78, 5) is 28.9. The van der Waals surface area contributed by atoms with Crippen molar-refractivity contribution in [2.24, 2.45) is 4.99 Å². The Morgan fingerprint density at radius 1 is 1.15 bits per heavy atom. The van der Waals surface area contributed by atoms with Crippen molar-refractivity contribution < 1.29 is 9.53 Å². The van der Waals surface area contributed by atoms with E-state index in [-0.39, 0.29) is 18.1 Å². The van der Waals surface area contributed by atoms with Crippen LogP contribution >= 0.6 is 0 Å². The van der Waals surface area contributed by atoms with Gasteiger partial charge in [-0.15, -0.1) is 0 Å². The van der Waals surface area contributed by atoms with Gasteiger partial charge in [0.2, 0.25) is 5.88 Å². The van der Waals surface area contributed by atoms with Crippen LogP contribution in [0.3, 0.4) is 0 Å². The summed E-state index contributed by atoms with van der Waals surface area (Å²) in [6.45, 7) is 9.57. The first-order valence-electron chi connectivity index (χ1n) is 13.9. The molecule has 0 radical (unpaired) electrons. The van der Waals surface area contributed by atoms with Crippen molar-refractivity contribution in [3.8, 4) is 5.88 Å². The molecule has 2 aliphatic heterocycles. The van der Waals surface area contributed by atoms with E-state index < -0.39 is 0 Å². The van der Waals surface area contributed by atoms with Gasteiger partial charge in [-0.25, -0.2) is 4.98 Å². The second-order valence-corrected chi connectivity index (χ2v) is 10.8. The van der Waals surface area contributed by atoms with Crippen LogP contribution in [0.15, 0.2) is 59.2 Å². The van der Waals surface area contributed by atoms with Gasteiger partial charge in [0.15, 0.2) is 0 Å². The Hall–Kier alpha value is -3.49. The summed E-state index contributed by atoms with van der Waals surface area (Å²) >= 11 is 0. The third-order valence-corrected chi connectivity index (χ3v) is 8.15. The zero-order valence-electron chi connectivity index (χ0n) is 23.6. The molecule has 3 heterocycles. The number of rotatable bonds is 7. The summed E-state index contributed by atoms with van der Waals surface area (Å²) in [5.41, 5.74) is 6.90. The fraction of sp³-hybridized carbons (Fsp3) is 0.452. The monoisotopic (exact) mass is 528 g/mol. The number of fused-ring (bicyclic) bond motifs is 1. The number of nitrogens with zero attached hydrogens (tertiary/aromatic N) is 5. The molecule has 3 aliphatic rings. The van der Waals surface area contributed by atoms with Gasteiger partial charge < -0.3 is 19.9 Å². The molecule has 2 atom stereocenters. The van der Waals surface area contributed by atoms with Crippen molar-refractivity contribution in [2.45, 2.75) is 45.4 Å². The van der Waals surface area contributed by atoms with Crippen LogP contribution in [0.5, 0.6) is 5.88 Å². The molecule has 1 amide bonds. The van der Waals surface area contributed by atoms with Crippen molar-refractivity contribution in [1.29, 1.82) is 0 Å². The van der Waals surface area contributed by atoms with Gasteiger partial charge in [-0.1, -0.05) is 18.2 Å². The molecule has 1 saturated heterocycles. The average Bonchev–Trinajstić information content (AvgIpc) is 2.97. The number of pyridine rings is 1. The standard InChI is InChI=1S/C31H40N6O2/c1-22-17-25(27-8-10-30(39-4)32-19-27)7-9-29(22)34-21-33-23(2)37-12-11-24-5-6-26(18-28(24)20-37)31(38)36-15-13-35(3)14-16-36/h5-8,10,17-19,21,23,29H,9,11-16,20H2,1-4H3,(H,33,34). The molecule has 1 aromatic carbocycles. The number of aliphatic imine (C=N–C) groups is 1. The van der Waals surface area contributed by atoms with Crippen LogP contribution < -0.4 is 10.1 Å². The first-order chi connectivity index (χ1) is 18.9. The quantitative estimate of drug-likeness (QED) is 0.437. The zero-order valence-corrected chi connectivity index (χ0v) is 23.6. The highest BCUT2D eigenvalue weighted by Crippen LogP contribution is 2.27. The summed E-state index contributed by atoms with van der Waals surface area (Å²) in [7, 11) is 3.74. The van der Waals surface area contributed by atoms with Gasteiger partial charge in [-0.2, -0.15) is 0 Å². The van der Waals surface area contributed by atoms with E-state index in [1.165, 1.54) is 22.3 Å². The van der Waals surface area contributed by atoms with Crippen LogP contribution in [-0.4, -0.2) is 91.0 Å². The van der Waals surface area contributed by atoms with Gasteiger partial charge >= 0.3 is 0 Å². The molecule has 0 bridgehead atoms. The van der Waals surface area contributed by atoms with Crippen molar-refractivity contribution in [2.75, 3.05) is 46.9 Å². The van der Waals surface area contributed by atoms with E-state index in [4.69, 9.17) is 9.73 Å². The number of ether oxygens (including phenoxy) is 1. The number of amides is 1. The smallest absolute Gasteiger partial charge is 0.253 e. The molecule has 1 aliphatic carbocycles. The number of carbonyl (C=O) groups excluding carboxylic acids is 1. The number of carbonyl (C=O) groups is 1. The van der Waals surface area contributed by atoms with Crippen LogP contribution in [0.4, 0.5) is 0 Å². The number of hydrogen-bond acceptors (Lipinski definition) is 6. The Labute approximate surface area is 232 Å². The lowest BCUT2D eigenvalue weighted by Gasteiger charge is -2.35. The minimum Gasteiger partial charge on any atom is -0.481 e. The summed E-state index contributed by atoms with van der Waals surface area (Å²) in [6.07, 6.45) is 10.1. The molecule has 0 saturated carbocycles. The lowest BCUT2D eigenvalue weighted by molar-refractivity contribution is 0.0663. The number of likely N-dealkylation sites (N-methyl/N-ethyl adjacent to an activating group) is 1. The lowest BCUT2D eigenvalue weighted by Crippen LogP contribution is -2.47. The predicted molar refractivity (Wildman–Crippen MR) is 156 cm³/mol. The molecular weight excluding hydrogens is 488 g/mol. The third kappa shape index (κ3) is 6.40. The van der Waals surface area contributed by atoms with E-state index in [9.17, 15) is 4.79 Å². The number of benzene rings is 1. The van der Waals surface area contributed by atoms with Gasteiger partial charge in [0.25, 0.3) is 5.91 Å². The molecule has 2 unspecified atom stereocenters. The minimum absolute atomic E-state index is 0.130. The fourth-order valence-corrected chi connectivity index (χ4v) is 5.46. The third-order valence-electron chi connectivity index (χ3n) is 8.15. The highest BCUT2D eigenvalue weighted by Gasteiger charge is 2.24. The maximum Gasteiger partial charge on any atom is 0.253 e. The Kier molecular flexibility index (Phi) is 8.43. The van der Waals surface area contributed by atoms with Crippen LogP contribution in [0.2, 0.25) is 0 Å². The number of nitrogens with one attached hydrogen (secondary N) is 1. The Morgan fingerprint density at radius 3 is 2.69 bits per heavy atom. The molecule has 39 heavy (non-hydrogen) atoms. The molecule has 0 spiro atoms. The van der Waals surface area contributed by atoms with E-state index in [1.54, 1.807) is 7.11 Å². The highest BCUT2D eigenvalue weighted by molar-refractivity contribution is 5.94. The van der Waals surface area contributed by atoms with Crippen molar-refractivity contribution >= 4 is 17.8 Å². The van der Waals surface area contributed by atoms with Gasteiger partial charge in [-0.05, 0) is 79.8 Å². The molecule has 1 fully saturated rings. The Bertz CT molecular complexity index is 1260. The first kappa shape index (κ1) is 27.1. The summed E-state index contributed by atoms with van der Waals surface area (Å²) < 4.78 is 5.17. The largest absolute Gasteiger partial charge is 0.481 e. The first-order valence-corrected chi connectivity index (χ1v) is 13.9. The average molecular weight is 529 g/mol. The van der Waals surface area contributed by atoms with Gasteiger partial charge in [-0.3, -0.25) is 14.7 Å². The van der Waals surface area contributed by atoms with Crippen LogP contribution in [0.25, 0.3) is 5.57 Å². The number of aromatic nitrogens is 1.